The predicted octanol–water partition coefficient (Wildman–Crippen LogP) is 2.54. The number of carbonyl (C=O) groups is 1. The standard InChI is InChI=1S/C12H18O2/c1-9(2)8-14-11(13)12-5-3-4-10(6-12)7-12/h3-4,9-10H,5-8H2,1-2H3. The van der Waals surface area contributed by atoms with Crippen LogP contribution < -0.4 is 0 Å². The third-order valence-corrected chi connectivity index (χ3v) is 3.20. The molecule has 0 atom stereocenters. The van der Waals surface area contributed by atoms with Gasteiger partial charge in [0.1, 0.15) is 0 Å². The van der Waals surface area contributed by atoms with E-state index in [0.29, 0.717) is 18.4 Å². The van der Waals surface area contributed by atoms with E-state index in [0.717, 1.165) is 19.3 Å². The van der Waals surface area contributed by atoms with E-state index in [4.69, 9.17) is 4.74 Å². The minimum absolute atomic E-state index is 0.0341. The summed E-state index contributed by atoms with van der Waals surface area (Å²) in [6.07, 6.45) is 7.28. The van der Waals surface area contributed by atoms with Gasteiger partial charge in [0.2, 0.25) is 0 Å². The van der Waals surface area contributed by atoms with Crippen LogP contribution in [-0.4, -0.2) is 12.6 Å². The van der Waals surface area contributed by atoms with Gasteiger partial charge in [-0.05, 0) is 31.1 Å². The van der Waals surface area contributed by atoms with Gasteiger partial charge in [-0.1, -0.05) is 26.0 Å². The lowest BCUT2D eigenvalue weighted by Gasteiger charge is -2.47. The topological polar surface area (TPSA) is 26.3 Å². The summed E-state index contributed by atoms with van der Waals surface area (Å²) in [5, 5.41) is 0. The Bertz CT molecular complexity index is 259. The Kier molecular flexibility index (Phi) is 2.38. The van der Waals surface area contributed by atoms with Crippen molar-refractivity contribution in [1.29, 1.82) is 0 Å². The molecule has 0 aliphatic heterocycles. The second-order valence-corrected chi connectivity index (χ2v) is 5.07. The van der Waals surface area contributed by atoms with Gasteiger partial charge in [-0.15, -0.1) is 0 Å². The number of ether oxygens (including phenoxy) is 1. The highest BCUT2D eigenvalue weighted by atomic mass is 16.5. The van der Waals surface area contributed by atoms with E-state index in [1.807, 2.05) is 0 Å². The van der Waals surface area contributed by atoms with Crippen LogP contribution in [0.4, 0.5) is 0 Å². The molecule has 1 saturated carbocycles. The van der Waals surface area contributed by atoms with Crippen molar-refractivity contribution in [2.24, 2.45) is 17.3 Å². The minimum Gasteiger partial charge on any atom is -0.465 e. The molecule has 0 N–H and O–H groups in total. The Morgan fingerprint density at radius 3 is 2.79 bits per heavy atom. The molecule has 0 aromatic heterocycles. The molecule has 3 aliphatic rings. The van der Waals surface area contributed by atoms with E-state index >= 15 is 0 Å². The van der Waals surface area contributed by atoms with Gasteiger partial charge in [0.15, 0.2) is 0 Å². The molecule has 78 valence electrons. The summed E-state index contributed by atoms with van der Waals surface area (Å²) in [4.78, 5) is 11.8. The first-order valence-corrected chi connectivity index (χ1v) is 5.46. The summed E-state index contributed by atoms with van der Waals surface area (Å²) in [5.74, 6) is 1.12. The summed E-state index contributed by atoms with van der Waals surface area (Å²) >= 11 is 0. The van der Waals surface area contributed by atoms with Crippen LogP contribution in [0, 0.1) is 17.3 Å². The smallest absolute Gasteiger partial charge is 0.312 e. The highest BCUT2D eigenvalue weighted by Crippen LogP contribution is 2.53. The van der Waals surface area contributed by atoms with Crippen LogP contribution in [0.2, 0.25) is 0 Å². The molecule has 2 nitrogen and oxygen atoms in total. The number of rotatable bonds is 3. The first kappa shape index (κ1) is 9.75. The van der Waals surface area contributed by atoms with Gasteiger partial charge in [0.05, 0.1) is 12.0 Å². The summed E-state index contributed by atoms with van der Waals surface area (Å²) in [5.41, 5.74) is -0.131. The van der Waals surface area contributed by atoms with Gasteiger partial charge in [-0.25, -0.2) is 0 Å². The average molecular weight is 194 g/mol. The van der Waals surface area contributed by atoms with Gasteiger partial charge in [-0.3, -0.25) is 4.79 Å². The number of esters is 1. The molecule has 0 saturated heterocycles. The average Bonchev–Trinajstić information content (AvgIpc) is 2.13. The van der Waals surface area contributed by atoms with E-state index in [9.17, 15) is 4.79 Å². The number of hydrogen-bond donors (Lipinski definition) is 0. The zero-order chi connectivity index (χ0) is 10.2. The first-order valence-electron chi connectivity index (χ1n) is 5.46. The van der Waals surface area contributed by atoms with E-state index < -0.39 is 0 Å². The molecule has 1 fully saturated rings. The van der Waals surface area contributed by atoms with Crippen molar-refractivity contribution in [3.8, 4) is 0 Å². The van der Waals surface area contributed by atoms with Crippen LogP contribution >= 0.6 is 0 Å². The molecule has 2 bridgehead atoms. The molecule has 0 spiro atoms. The maximum atomic E-state index is 11.8. The summed E-state index contributed by atoms with van der Waals surface area (Å²) in [7, 11) is 0. The maximum absolute atomic E-state index is 11.8. The third kappa shape index (κ3) is 1.58. The molecular formula is C12H18O2. The summed E-state index contributed by atoms with van der Waals surface area (Å²) < 4.78 is 5.31. The Labute approximate surface area is 85.3 Å². The van der Waals surface area contributed by atoms with Crippen LogP contribution in [0.3, 0.4) is 0 Å². The summed E-state index contributed by atoms with van der Waals surface area (Å²) in [6, 6.07) is 0. The maximum Gasteiger partial charge on any atom is 0.312 e. The van der Waals surface area contributed by atoms with Crippen LogP contribution in [-0.2, 0) is 9.53 Å². The van der Waals surface area contributed by atoms with Gasteiger partial charge in [0.25, 0.3) is 0 Å². The van der Waals surface area contributed by atoms with Crippen molar-refractivity contribution < 1.29 is 9.53 Å². The molecule has 0 unspecified atom stereocenters. The molecule has 0 radical (unpaired) electrons. The molecule has 0 heterocycles. The zero-order valence-corrected chi connectivity index (χ0v) is 8.95. The van der Waals surface area contributed by atoms with Crippen molar-refractivity contribution in [1.82, 2.24) is 0 Å². The SMILES string of the molecule is CC(C)COC(=O)C12CC=CC(C1)C2. The van der Waals surface area contributed by atoms with E-state index in [2.05, 4.69) is 26.0 Å². The zero-order valence-electron chi connectivity index (χ0n) is 8.95. The van der Waals surface area contributed by atoms with E-state index in [-0.39, 0.29) is 11.4 Å². The van der Waals surface area contributed by atoms with Gasteiger partial charge in [-0.2, -0.15) is 0 Å². The van der Waals surface area contributed by atoms with Crippen LogP contribution in [0.1, 0.15) is 33.1 Å². The quantitative estimate of drug-likeness (QED) is 0.510. The van der Waals surface area contributed by atoms with Crippen molar-refractivity contribution in [2.45, 2.75) is 33.1 Å². The second kappa shape index (κ2) is 3.41. The predicted molar refractivity (Wildman–Crippen MR) is 54.7 cm³/mol. The third-order valence-electron chi connectivity index (χ3n) is 3.20. The molecule has 0 aromatic rings. The number of allylic oxidation sites excluding steroid dienone is 2. The fourth-order valence-electron chi connectivity index (χ4n) is 2.38. The fraction of sp³-hybridized carbons (Fsp3) is 0.750. The van der Waals surface area contributed by atoms with Crippen molar-refractivity contribution in [2.75, 3.05) is 6.61 Å². The van der Waals surface area contributed by atoms with Crippen molar-refractivity contribution in [3.63, 3.8) is 0 Å². The Balaban J connectivity index is 1.89. The normalized spacial score (nSPS) is 34.1. The molecular weight excluding hydrogens is 176 g/mol. The van der Waals surface area contributed by atoms with Gasteiger partial charge < -0.3 is 4.74 Å². The number of carbonyl (C=O) groups excluding carboxylic acids is 1. The number of fused-ring (bicyclic) bond motifs is 1. The lowest BCUT2D eigenvalue weighted by Crippen LogP contribution is -2.46. The van der Waals surface area contributed by atoms with Gasteiger partial charge >= 0.3 is 5.97 Å². The van der Waals surface area contributed by atoms with E-state index in [1.54, 1.807) is 0 Å². The van der Waals surface area contributed by atoms with Crippen molar-refractivity contribution >= 4 is 5.97 Å². The second-order valence-electron chi connectivity index (χ2n) is 5.07. The Morgan fingerprint density at radius 1 is 1.57 bits per heavy atom. The molecule has 3 rings (SSSR count). The lowest BCUT2D eigenvalue weighted by molar-refractivity contribution is -0.165. The highest BCUT2D eigenvalue weighted by Gasteiger charge is 2.51. The lowest BCUT2D eigenvalue weighted by atomic mass is 9.57. The van der Waals surface area contributed by atoms with Crippen LogP contribution in [0.5, 0.6) is 0 Å². The highest BCUT2D eigenvalue weighted by molar-refractivity contribution is 5.79. The Hall–Kier alpha value is -0.790. The Morgan fingerprint density at radius 2 is 2.29 bits per heavy atom. The minimum atomic E-state index is -0.131. The monoisotopic (exact) mass is 194 g/mol. The fourth-order valence-corrected chi connectivity index (χ4v) is 2.38. The molecule has 14 heavy (non-hydrogen) atoms. The van der Waals surface area contributed by atoms with Crippen LogP contribution in [0.25, 0.3) is 0 Å². The van der Waals surface area contributed by atoms with Crippen molar-refractivity contribution in [3.05, 3.63) is 12.2 Å². The molecule has 3 aliphatic carbocycles. The van der Waals surface area contributed by atoms with Gasteiger partial charge in [0, 0.05) is 0 Å². The van der Waals surface area contributed by atoms with Crippen LogP contribution in [0.15, 0.2) is 12.2 Å². The van der Waals surface area contributed by atoms with E-state index in [1.165, 1.54) is 0 Å². The largest absolute Gasteiger partial charge is 0.465 e. The summed E-state index contributed by atoms with van der Waals surface area (Å²) in [6.45, 7) is 4.69. The molecule has 0 amide bonds. The molecule has 2 heteroatoms. The molecule has 0 aromatic carbocycles. The first-order chi connectivity index (χ1) is 6.62. The number of hydrogen-bond acceptors (Lipinski definition) is 2.